The fourth-order valence-corrected chi connectivity index (χ4v) is 3.76. The molecule has 1 amide bonds. The van der Waals surface area contributed by atoms with E-state index < -0.39 is 5.91 Å². The van der Waals surface area contributed by atoms with E-state index in [-0.39, 0.29) is 5.57 Å². The van der Waals surface area contributed by atoms with Crippen LogP contribution in [-0.2, 0) is 22.6 Å². The lowest BCUT2D eigenvalue weighted by atomic mass is 10.1. The first-order valence-corrected chi connectivity index (χ1v) is 10.5. The monoisotopic (exact) mass is 406 g/mol. The maximum Gasteiger partial charge on any atom is 0.266 e. The van der Waals surface area contributed by atoms with Crippen LogP contribution in [0, 0.1) is 25.2 Å². The average Bonchev–Trinajstić information content (AvgIpc) is 3.01. The van der Waals surface area contributed by atoms with Crippen LogP contribution in [0.2, 0.25) is 0 Å². The van der Waals surface area contributed by atoms with Gasteiger partial charge in [-0.25, -0.2) is 0 Å². The van der Waals surface area contributed by atoms with Gasteiger partial charge in [-0.05, 0) is 55.7 Å². The first kappa shape index (κ1) is 21.8. The number of aromatic nitrogens is 1. The summed E-state index contributed by atoms with van der Waals surface area (Å²) in [6, 6.07) is 11.9. The summed E-state index contributed by atoms with van der Waals surface area (Å²) in [6.45, 7) is 11.4. The van der Waals surface area contributed by atoms with Crippen LogP contribution in [0.15, 0.2) is 35.9 Å². The number of hydrogen-bond donors (Lipinski definition) is 1. The number of hydrogen-bond acceptors (Lipinski definition) is 4. The summed E-state index contributed by atoms with van der Waals surface area (Å²) in [6.07, 6.45) is 2.71. The largest absolute Gasteiger partial charge is 0.379 e. The summed E-state index contributed by atoms with van der Waals surface area (Å²) in [5, 5.41) is 12.4. The normalized spacial score (nSPS) is 15.1. The van der Waals surface area contributed by atoms with Crippen LogP contribution in [0.4, 0.5) is 5.69 Å². The Morgan fingerprint density at radius 2 is 1.93 bits per heavy atom. The van der Waals surface area contributed by atoms with Crippen LogP contribution in [0.1, 0.15) is 35.9 Å². The molecule has 2 heterocycles. The van der Waals surface area contributed by atoms with Crippen molar-refractivity contribution in [3.05, 3.63) is 58.4 Å². The Bertz CT molecular complexity index is 945. The van der Waals surface area contributed by atoms with Crippen molar-refractivity contribution in [3.8, 4) is 6.07 Å². The molecule has 0 saturated carbocycles. The molecule has 1 aliphatic heterocycles. The molecule has 1 aliphatic rings. The standard InChI is InChI=1S/C24H30N4O2/c1-4-9-28-18(2)14-21(19(28)3)15-22(16-25)24(29)26-23-7-5-20(6-8-23)17-27-10-12-30-13-11-27/h5-8,14-15H,4,9-13,17H2,1-3H3,(H,26,29)/b22-15-. The summed E-state index contributed by atoms with van der Waals surface area (Å²) >= 11 is 0. The van der Waals surface area contributed by atoms with Crippen LogP contribution in [-0.4, -0.2) is 41.7 Å². The molecule has 1 aromatic heterocycles. The Morgan fingerprint density at radius 1 is 1.23 bits per heavy atom. The fourth-order valence-electron chi connectivity index (χ4n) is 3.76. The van der Waals surface area contributed by atoms with E-state index in [1.807, 2.05) is 50.2 Å². The number of anilines is 1. The number of nitriles is 1. The van der Waals surface area contributed by atoms with Gasteiger partial charge in [0.15, 0.2) is 0 Å². The molecular weight excluding hydrogens is 376 g/mol. The van der Waals surface area contributed by atoms with Gasteiger partial charge in [-0.2, -0.15) is 5.26 Å². The van der Waals surface area contributed by atoms with E-state index in [0.29, 0.717) is 5.69 Å². The summed E-state index contributed by atoms with van der Waals surface area (Å²) < 4.78 is 7.60. The molecule has 158 valence electrons. The Labute approximate surface area is 178 Å². The summed E-state index contributed by atoms with van der Waals surface area (Å²) in [4.78, 5) is 15.0. The second-order valence-corrected chi connectivity index (χ2v) is 7.69. The van der Waals surface area contributed by atoms with Crippen molar-refractivity contribution in [1.82, 2.24) is 9.47 Å². The Morgan fingerprint density at radius 3 is 2.57 bits per heavy atom. The molecule has 1 saturated heterocycles. The predicted octanol–water partition coefficient (Wildman–Crippen LogP) is 3.89. The minimum atomic E-state index is -0.390. The fraction of sp³-hybridized carbons (Fsp3) is 0.417. The highest BCUT2D eigenvalue weighted by atomic mass is 16.5. The quantitative estimate of drug-likeness (QED) is 0.559. The number of carbonyl (C=O) groups is 1. The van der Waals surface area contributed by atoms with Crippen LogP contribution < -0.4 is 5.32 Å². The van der Waals surface area contributed by atoms with Gasteiger partial charge in [-0.15, -0.1) is 0 Å². The molecule has 0 aliphatic carbocycles. The molecule has 0 unspecified atom stereocenters. The molecule has 6 heteroatoms. The Hall–Kier alpha value is -2.88. The summed E-state index contributed by atoms with van der Waals surface area (Å²) in [7, 11) is 0. The van der Waals surface area contributed by atoms with Gasteiger partial charge in [-0.1, -0.05) is 19.1 Å². The Kier molecular flexibility index (Phi) is 7.45. The van der Waals surface area contributed by atoms with E-state index in [0.717, 1.165) is 62.8 Å². The number of benzene rings is 1. The highest BCUT2D eigenvalue weighted by Gasteiger charge is 2.14. The van der Waals surface area contributed by atoms with Gasteiger partial charge < -0.3 is 14.6 Å². The second-order valence-electron chi connectivity index (χ2n) is 7.69. The molecule has 1 aromatic carbocycles. The van der Waals surface area contributed by atoms with E-state index >= 15 is 0 Å². The first-order chi connectivity index (χ1) is 14.5. The highest BCUT2D eigenvalue weighted by molar-refractivity contribution is 6.09. The number of carbonyl (C=O) groups excluding carboxylic acids is 1. The molecule has 1 fully saturated rings. The number of ether oxygens (including phenoxy) is 1. The van der Waals surface area contributed by atoms with Gasteiger partial charge in [0.05, 0.1) is 13.2 Å². The Balaban J connectivity index is 1.67. The molecule has 3 rings (SSSR count). The van der Waals surface area contributed by atoms with Crippen molar-refractivity contribution in [1.29, 1.82) is 5.26 Å². The maximum atomic E-state index is 12.6. The molecule has 0 radical (unpaired) electrons. The lowest BCUT2D eigenvalue weighted by Crippen LogP contribution is -2.35. The predicted molar refractivity (Wildman–Crippen MR) is 119 cm³/mol. The van der Waals surface area contributed by atoms with Gasteiger partial charge in [-0.3, -0.25) is 9.69 Å². The summed E-state index contributed by atoms with van der Waals surface area (Å²) in [5.41, 5.74) is 5.09. The average molecular weight is 407 g/mol. The van der Waals surface area contributed by atoms with Gasteiger partial charge in [0.1, 0.15) is 11.6 Å². The zero-order valence-electron chi connectivity index (χ0n) is 18.1. The van der Waals surface area contributed by atoms with Crippen LogP contribution >= 0.6 is 0 Å². The van der Waals surface area contributed by atoms with Gasteiger partial charge in [0, 0.05) is 43.3 Å². The first-order valence-electron chi connectivity index (χ1n) is 10.5. The number of morpholine rings is 1. The van der Waals surface area contributed by atoms with Gasteiger partial charge >= 0.3 is 0 Å². The third-order valence-electron chi connectivity index (χ3n) is 5.45. The number of rotatable bonds is 7. The van der Waals surface area contributed by atoms with Crippen molar-refractivity contribution in [2.75, 3.05) is 31.6 Å². The minimum Gasteiger partial charge on any atom is -0.379 e. The minimum absolute atomic E-state index is 0.101. The van der Waals surface area contributed by atoms with E-state index in [1.54, 1.807) is 6.08 Å². The zero-order chi connectivity index (χ0) is 21.5. The van der Waals surface area contributed by atoms with E-state index in [9.17, 15) is 10.1 Å². The van der Waals surface area contributed by atoms with Crippen molar-refractivity contribution in [2.24, 2.45) is 0 Å². The topological polar surface area (TPSA) is 70.3 Å². The SMILES string of the molecule is CCCn1c(C)cc(/C=C(/C#N)C(=O)Nc2ccc(CN3CCOCC3)cc2)c1C. The second kappa shape index (κ2) is 10.2. The highest BCUT2D eigenvalue weighted by Crippen LogP contribution is 2.20. The molecule has 0 spiro atoms. The molecule has 30 heavy (non-hydrogen) atoms. The zero-order valence-corrected chi connectivity index (χ0v) is 18.1. The number of amides is 1. The third-order valence-corrected chi connectivity index (χ3v) is 5.45. The molecule has 6 nitrogen and oxygen atoms in total. The number of nitrogens with one attached hydrogen (secondary N) is 1. The molecule has 2 aromatic rings. The molecule has 0 bridgehead atoms. The van der Waals surface area contributed by atoms with Crippen molar-refractivity contribution in [3.63, 3.8) is 0 Å². The van der Waals surface area contributed by atoms with Crippen molar-refractivity contribution < 1.29 is 9.53 Å². The summed E-state index contributed by atoms with van der Waals surface area (Å²) in [5.74, 6) is -0.390. The smallest absolute Gasteiger partial charge is 0.266 e. The van der Waals surface area contributed by atoms with Crippen LogP contribution in [0.3, 0.4) is 0 Å². The van der Waals surface area contributed by atoms with Gasteiger partial charge in [0.2, 0.25) is 0 Å². The van der Waals surface area contributed by atoms with E-state index in [2.05, 4.69) is 21.7 Å². The molecule has 1 N–H and O–H groups in total. The lowest BCUT2D eigenvalue weighted by Gasteiger charge is -2.26. The van der Waals surface area contributed by atoms with Crippen LogP contribution in [0.25, 0.3) is 6.08 Å². The molecule has 0 atom stereocenters. The van der Waals surface area contributed by atoms with E-state index in [1.165, 1.54) is 5.56 Å². The number of aryl methyl sites for hydroxylation is 1. The number of nitrogens with zero attached hydrogens (tertiary/aromatic N) is 3. The van der Waals surface area contributed by atoms with Crippen LogP contribution in [0.5, 0.6) is 0 Å². The lowest BCUT2D eigenvalue weighted by molar-refractivity contribution is -0.112. The van der Waals surface area contributed by atoms with Crippen molar-refractivity contribution in [2.45, 2.75) is 40.3 Å². The van der Waals surface area contributed by atoms with E-state index in [4.69, 9.17) is 4.74 Å². The maximum absolute atomic E-state index is 12.6. The van der Waals surface area contributed by atoms with Gasteiger partial charge in [0.25, 0.3) is 5.91 Å². The third kappa shape index (κ3) is 5.38. The molecular formula is C24H30N4O2. The van der Waals surface area contributed by atoms with Crippen molar-refractivity contribution >= 4 is 17.7 Å².